The van der Waals surface area contributed by atoms with E-state index in [1.807, 2.05) is 6.07 Å². The topological polar surface area (TPSA) is 40.2 Å². The first-order chi connectivity index (χ1) is 12.4. The minimum absolute atomic E-state index is 0.351. The number of aromatic nitrogens is 1. The molecule has 0 unspecified atom stereocenters. The van der Waals surface area contributed by atoms with Gasteiger partial charge in [-0.1, -0.05) is 25.5 Å². The van der Waals surface area contributed by atoms with E-state index in [1.165, 1.54) is 18.9 Å². The van der Waals surface area contributed by atoms with Crippen LogP contribution in [0.15, 0.2) is 48.9 Å². The highest BCUT2D eigenvalue weighted by molar-refractivity contribution is 5.83. The lowest BCUT2D eigenvalue weighted by atomic mass is 10.2. The third-order valence-corrected chi connectivity index (χ3v) is 4.86. The van der Waals surface area contributed by atoms with Gasteiger partial charge in [-0.3, -0.25) is 0 Å². The van der Waals surface area contributed by atoms with Gasteiger partial charge < -0.3 is 15.5 Å². The number of fused-ring (bicyclic) bond motifs is 1. The molecule has 1 aromatic carbocycles. The van der Waals surface area contributed by atoms with Crippen molar-refractivity contribution in [1.82, 2.24) is 4.98 Å². The molecule has 2 aromatic rings. The zero-order valence-electron chi connectivity index (χ0n) is 14.1. The molecule has 0 saturated heterocycles. The molecule has 0 bridgehead atoms. The molecule has 2 aliphatic rings. The Bertz CT molecular complexity index is 841. The summed E-state index contributed by atoms with van der Waals surface area (Å²) in [6.07, 6.45) is 1.93. The Labute approximate surface area is 149 Å². The number of pyridine rings is 1. The molecule has 1 aliphatic heterocycles. The maximum absolute atomic E-state index is 12.9. The molecule has 0 atom stereocenters. The van der Waals surface area contributed by atoms with Gasteiger partial charge in [0, 0.05) is 17.8 Å². The number of nitrogens with zero attached hydrogens (tertiary/aromatic N) is 2. The average Bonchev–Trinajstić information content (AvgIpc) is 3.20. The Hall–Kier alpha value is -2.70. The van der Waals surface area contributed by atoms with Gasteiger partial charge in [-0.2, -0.15) is 13.2 Å². The van der Waals surface area contributed by atoms with E-state index in [1.54, 1.807) is 12.3 Å². The zero-order chi connectivity index (χ0) is 18.3. The average molecular weight is 360 g/mol. The summed E-state index contributed by atoms with van der Waals surface area (Å²) in [6, 6.07) is 7.37. The number of nitrogens with one attached hydrogen (secondary N) is 2. The molecule has 1 aliphatic carbocycles. The molecule has 2 heterocycles. The van der Waals surface area contributed by atoms with Crippen LogP contribution < -0.4 is 15.5 Å². The van der Waals surface area contributed by atoms with Crippen LogP contribution in [0.5, 0.6) is 0 Å². The third-order valence-electron chi connectivity index (χ3n) is 4.86. The highest BCUT2D eigenvalue weighted by atomic mass is 19.4. The molecule has 2 N–H and O–H groups in total. The van der Waals surface area contributed by atoms with Crippen molar-refractivity contribution in [3.05, 3.63) is 54.5 Å². The molecule has 7 heteroatoms. The third kappa shape index (κ3) is 3.09. The predicted molar refractivity (Wildman–Crippen MR) is 96.5 cm³/mol. The SMILES string of the molecule is C=C1Nc2cnc(Nc3cccc(C(F)(F)F)c3)cc2N1C1CCCC1. The van der Waals surface area contributed by atoms with E-state index in [-0.39, 0.29) is 0 Å². The highest BCUT2D eigenvalue weighted by Gasteiger charge is 2.32. The Balaban J connectivity index is 1.61. The molecule has 0 spiro atoms. The van der Waals surface area contributed by atoms with Gasteiger partial charge in [0.2, 0.25) is 0 Å². The standard InChI is InChI=1S/C19H19F3N4/c1-12-24-16-11-23-18(10-17(16)26(12)15-7-2-3-8-15)25-14-6-4-5-13(9-14)19(20,21)22/h4-6,9-11,15,24H,1-3,7-8H2,(H,23,25). The fourth-order valence-corrected chi connectivity index (χ4v) is 3.67. The van der Waals surface area contributed by atoms with E-state index in [9.17, 15) is 13.2 Å². The van der Waals surface area contributed by atoms with Crippen LogP contribution in [0.1, 0.15) is 31.2 Å². The predicted octanol–water partition coefficient (Wildman–Crippen LogP) is 5.49. The molecular formula is C19H19F3N4. The molecule has 1 aromatic heterocycles. The molecule has 4 nitrogen and oxygen atoms in total. The molecule has 4 rings (SSSR count). The Morgan fingerprint density at radius 2 is 1.96 bits per heavy atom. The number of anilines is 4. The Morgan fingerprint density at radius 1 is 1.19 bits per heavy atom. The van der Waals surface area contributed by atoms with Crippen LogP contribution in [0.2, 0.25) is 0 Å². The van der Waals surface area contributed by atoms with Crippen LogP contribution in [0.25, 0.3) is 0 Å². The Morgan fingerprint density at radius 3 is 2.69 bits per heavy atom. The van der Waals surface area contributed by atoms with Gasteiger partial charge >= 0.3 is 6.18 Å². The summed E-state index contributed by atoms with van der Waals surface area (Å²) in [4.78, 5) is 6.49. The largest absolute Gasteiger partial charge is 0.416 e. The van der Waals surface area contributed by atoms with E-state index in [0.717, 1.165) is 42.2 Å². The van der Waals surface area contributed by atoms with E-state index in [4.69, 9.17) is 0 Å². The van der Waals surface area contributed by atoms with Gasteiger partial charge in [0.15, 0.2) is 0 Å². The van der Waals surface area contributed by atoms with Crippen molar-refractivity contribution < 1.29 is 13.2 Å². The minimum atomic E-state index is -4.37. The summed E-state index contributed by atoms with van der Waals surface area (Å²) in [5.41, 5.74) is 1.50. The second kappa shape index (κ2) is 6.23. The number of hydrogen-bond acceptors (Lipinski definition) is 4. The molecule has 0 radical (unpaired) electrons. The van der Waals surface area contributed by atoms with Crippen LogP contribution in [0.3, 0.4) is 0 Å². The van der Waals surface area contributed by atoms with Gasteiger partial charge in [0.1, 0.15) is 11.6 Å². The maximum Gasteiger partial charge on any atom is 0.416 e. The normalized spacial score (nSPS) is 17.3. The lowest BCUT2D eigenvalue weighted by molar-refractivity contribution is -0.137. The number of rotatable bonds is 3. The van der Waals surface area contributed by atoms with Gasteiger partial charge in [-0.15, -0.1) is 0 Å². The van der Waals surface area contributed by atoms with E-state index >= 15 is 0 Å². The van der Waals surface area contributed by atoms with Crippen molar-refractivity contribution in [2.75, 3.05) is 15.5 Å². The second-order valence-electron chi connectivity index (χ2n) is 6.67. The van der Waals surface area contributed by atoms with Crippen LogP contribution in [0.4, 0.5) is 36.1 Å². The summed E-state index contributed by atoms with van der Waals surface area (Å²) in [5.74, 6) is 1.33. The number of hydrogen-bond donors (Lipinski definition) is 2. The van der Waals surface area contributed by atoms with Crippen molar-refractivity contribution in [1.29, 1.82) is 0 Å². The van der Waals surface area contributed by atoms with E-state index in [2.05, 4.69) is 27.1 Å². The molecule has 26 heavy (non-hydrogen) atoms. The van der Waals surface area contributed by atoms with Gasteiger partial charge in [0.05, 0.1) is 23.1 Å². The van der Waals surface area contributed by atoms with Crippen molar-refractivity contribution >= 4 is 22.9 Å². The van der Waals surface area contributed by atoms with Crippen LogP contribution in [-0.2, 0) is 6.18 Å². The Kier molecular flexibility index (Phi) is 4.01. The maximum atomic E-state index is 12.9. The second-order valence-corrected chi connectivity index (χ2v) is 6.67. The molecule has 1 fully saturated rings. The minimum Gasteiger partial charge on any atom is -0.340 e. The lowest BCUT2D eigenvalue weighted by Gasteiger charge is -2.26. The number of halogens is 3. The monoisotopic (exact) mass is 360 g/mol. The van der Waals surface area contributed by atoms with Crippen LogP contribution >= 0.6 is 0 Å². The van der Waals surface area contributed by atoms with Gasteiger partial charge in [-0.05, 0) is 31.0 Å². The summed E-state index contributed by atoms with van der Waals surface area (Å²) in [7, 11) is 0. The zero-order valence-corrected chi connectivity index (χ0v) is 14.1. The molecule has 0 amide bonds. The summed E-state index contributed by atoms with van der Waals surface area (Å²) in [6.45, 7) is 4.09. The van der Waals surface area contributed by atoms with Crippen molar-refractivity contribution in [2.45, 2.75) is 37.9 Å². The van der Waals surface area contributed by atoms with Crippen molar-refractivity contribution in [3.63, 3.8) is 0 Å². The van der Waals surface area contributed by atoms with Gasteiger partial charge in [-0.25, -0.2) is 4.98 Å². The summed E-state index contributed by atoms with van der Waals surface area (Å²) >= 11 is 0. The van der Waals surface area contributed by atoms with Crippen LogP contribution in [-0.4, -0.2) is 11.0 Å². The smallest absolute Gasteiger partial charge is 0.340 e. The molecule has 1 saturated carbocycles. The summed E-state index contributed by atoms with van der Waals surface area (Å²) in [5, 5.41) is 6.21. The van der Waals surface area contributed by atoms with Crippen molar-refractivity contribution in [2.24, 2.45) is 0 Å². The first kappa shape index (κ1) is 16.8. The molecular weight excluding hydrogens is 341 g/mol. The van der Waals surface area contributed by atoms with E-state index < -0.39 is 11.7 Å². The first-order valence-electron chi connectivity index (χ1n) is 8.61. The van der Waals surface area contributed by atoms with Crippen LogP contribution in [0, 0.1) is 0 Å². The summed E-state index contributed by atoms with van der Waals surface area (Å²) < 4.78 is 38.7. The fraction of sp³-hybridized carbons (Fsp3) is 0.316. The number of benzene rings is 1. The molecule has 136 valence electrons. The first-order valence-corrected chi connectivity index (χ1v) is 8.61. The van der Waals surface area contributed by atoms with Gasteiger partial charge in [0.25, 0.3) is 0 Å². The number of alkyl halides is 3. The van der Waals surface area contributed by atoms with Crippen molar-refractivity contribution in [3.8, 4) is 0 Å². The fourth-order valence-electron chi connectivity index (χ4n) is 3.67. The van der Waals surface area contributed by atoms with E-state index in [0.29, 0.717) is 17.5 Å². The quantitative estimate of drug-likeness (QED) is 0.759. The highest BCUT2D eigenvalue weighted by Crippen LogP contribution is 2.42. The lowest BCUT2D eigenvalue weighted by Crippen LogP contribution is -2.30.